The van der Waals surface area contributed by atoms with Crippen molar-refractivity contribution in [3.8, 4) is 0 Å². The predicted molar refractivity (Wildman–Crippen MR) is 68.8 cm³/mol. The highest BCUT2D eigenvalue weighted by Gasteiger charge is 2.28. The molecule has 1 aromatic heterocycles. The van der Waals surface area contributed by atoms with Crippen LogP contribution in [0.4, 0.5) is 17.5 Å². The zero-order chi connectivity index (χ0) is 13.1. The maximum Gasteiger partial charge on any atom is 0.329 e. The van der Waals surface area contributed by atoms with E-state index in [0.717, 1.165) is 6.54 Å². The van der Waals surface area contributed by atoms with Gasteiger partial charge in [-0.25, -0.2) is 4.98 Å². The second-order valence-corrected chi connectivity index (χ2v) is 4.39. The van der Waals surface area contributed by atoms with Gasteiger partial charge in [0, 0.05) is 20.1 Å². The maximum absolute atomic E-state index is 11.0. The molecule has 1 aliphatic carbocycles. The molecule has 2 rings (SSSR count). The van der Waals surface area contributed by atoms with E-state index in [1.807, 2.05) is 11.8 Å². The Morgan fingerprint density at radius 1 is 1.61 bits per heavy atom. The van der Waals surface area contributed by atoms with Gasteiger partial charge in [0.2, 0.25) is 11.8 Å². The molecule has 0 bridgehead atoms. The van der Waals surface area contributed by atoms with E-state index in [2.05, 4.69) is 15.3 Å². The quantitative estimate of drug-likeness (QED) is 0.611. The molecule has 1 fully saturated rings. The van der Waals surface area contributed by atoms with E-state index in [9.17, 15) is 10.1 Å². The second kappa shape index (κ2) is 5.16. The van der Waals surface area contributed by atoms with Crippen LogP contribution in [0.5, 0.6) is 0 Å². The molecule has 98 valence electrons. The zero-order valence-corrected chi connectivity index (χ0v) is 10.6. The summed E-state index contributed by atoms with van der Waals surface area (Å²) in [4.78, 5) is 20.7. The van der Waals surface area contributed by atoms with Crippen molar-refractivity contribution in [1.29, 1.82) is 0 Å². The molecule has 18 heavy (non-hydrogen) atoms. The van der Waals surface area contributed by atoms with E-state index in [1.54, 1.807) is 7.05 Å². The molecule has 7 nitrogen and oxygen atoms in total. The standard InChI is InChI=1S/C11H17N5O2/c1-3-15(7-8-4-5-8)10-9(16(17)18)6-13-11(12-2)14-10/h6,8H,3-5,7H2,1-2H3,(H,12,13,14). The summed E-state index contributed by atoms with van der Waals surface area (Å²) in [5, 5.41) is 13.8. The number of anilines is 2. The van der Waals surface area contributed by atoms with Gasteiger partial charge >= 0.3 is 5.69 Å². The Kier molecular flexibility index (Phi) is 3.59. The molecule has 0 saturated heterocycles. The van der Waals surface area contributed by atoms with Crippen LogP contribution in [0.15, 0.2) is 6.20 Å². The van der Waals surface area contributed by atoms with Gasteiger partial charge in [-0.05, 0) is 25.7 Å². The Hall–Kier alpha value is -1.92. The van der Waals surface area contributed by atoms with Crippen molar-refractivity contribution in [2.24, 2.45) is 5.92 Å². The van der Waals surface area contributed by atoms with Crippen molar-refractivity contribution in [2.75, 3.05) is 30.4 Å². The zero-order valence-electron chi connectivity index (χ0n) is 10.6. The third kappa shape index (κ3) is 2.66. The van der Waals surface area contributed by atoms with Crippen molar-refractivity contribution < 1.29 is 4.92 Å². The summed E-state index contributed by atoms with van der Waals surface area (Å²) in [6.07, 6.45) is 3.67. The van der Waals surface area contributed by atoms with Gasteiger partial charge in [-0.1, -0.05) is 0 Å². The van der Waals surface area contributed by atoms with E-state index >= 15 is 0 Å². The molecule has 0 aliphatic heterocycles. The van der Waals surface area contributed by atoms with Crippen molar-refractivity contribution >= 4 is 17.5 Å². The third-order valence-electron chi connectivity index (χ3n) is 3.03. The van der Waals surface area contributed by atoms with Gasteiger partial charge in [-0.3, -0.25) is 10.1 Å². The molecule has 7 heteroatoms. The van der Waals surface area contributed by atoms with Crippen LogP contribution >= 0.6 is 0 Å². The molecule has 1 N–H and O–H groups in total. The number of nitro groups is 1. The van der Waals surface area contributed by atoms with Gasteiger partial charge in [0.25, 0.3) is 0 Å². The lowest BCUT2D eigenvalue weighted by molar-refractivity contribution is -0.384. The number of hydrogen-bond acceptors (Lipinski definition) is 6. The highest BCUT2D eigenvalue weighted by Crippen LogP contribution is 2.33. The number of nitrogens with one attached hydrogen (secondary N) is 1. The van der Waals surface area contributed by atoms with Crippen molar-refractivity contribution in [1.82, 2.24) is 9.97 Å². The molecular weight excluding hydrogens is 234 g/mol. The van der Waals surface area contributed by atoms with Crippen LogP contribution in [-0.4, -0.2) is 35.0 Å². The third-order valence-corrected chi connectivity index (χ3v) is 3.03. The van der Waals surface area contributed by atoms with E-state index < -0.39 is 4.92 Å². The van der Waals surface area contributed by atoms with Crippen molar-refractivity contribution in [3.63, 3.8) is 0 Å². The first-order valence-electron chi connectivity index (χ1n) is 6.09. The van der Waals surface area contributed by atoms with Gasteiger partial charge < -0.3 is 10.2 Å². The minimum absolute atomic E-state index is 0.0310. The van der Waals surface area contributed by atoms with E-state index in [0.29, 0.717) is 24.2 Å². The lowest BCUT2D eigenvalue weighted by Crippen LogP contribution is -2.27. The van der Waals surface area contributed by atoms with Crippen LogP contribution in [-0.2, 0) is 0 Å². The summed E-state index contributed by atoms with van der Waals surface area (Å²) >= 11 is 0. The molecule has 0 unspecified atom stereocenters. The molecule has 1 heterocycles. The van der Waals surface area contributed by atoms with Crippen LogP contribution in [0.2, 0.25) is 0 Å². The lowest BCUT2D eigenvalue weighted by Gasteiger charge is -2.21. The number of nitrogens with zero attached hydrogens (tertiary/aromatic N) is 4. The molecule has 0 spiro atoms. The summed E-state index contributed by atoms with van der Waals surface area (Å²) in [5.41, 5.74) is -0.0310. The van der Waals surface area contributed by atoms with Crippen molar-refractivity contribution in [2.45, 2.75) is 19.8 Å². The molecular formula is C11H17N5O2. The van der Waals surface area contributed by atoms with Crippen LogP contribution in [0.3, 0.4) is 0 Å². The van der Waals surface area contributed by atoms with Gasteiger partial charge in [0.1, 0.15) is 6.20 Å². The van der Waals surface area contributed by atoms with Crippen molar-refractivity contribution in [3.05, 3.63) is 16.3 Å². The number of aromatic nitrogens is 2. The van der Waals surface area contributed by atoms with Crippen LogP contribution < -0.4 is 10.2 Å². The van der Waals surface area contributed by atoms with E-state index in [1.165, 1.54) is 19.0 Å². The monoisotopic (exact) mass is 251 g/mol. The Bertz CT molecular complexity index is 447. The molecule has 1 aromatic rings. The Labute approximate surface area is 105 Å². The molecule has 1 aliphatic rings. The first-order chi connectivity index (χ1) is 8.65. The van der Waals surface area contributed by atoms with Crippen LogP contribution in [0.25, 0.3) is 0 Å². The van der Waals surface area contributed by atoms with Gasteiger partial charge in [-0.15, -0.1) is 0 Å². The van der Waals surface area contributed by atoms with Gasteiger partial charge in [0.15, 0.2) is 0 Å². The lowest BCUT2D eigenvalue weighted by atomic mass is 10.3. The SMILES string of the molecule is CCN(CC1CC1)c1nc(NC)ncc1[N+](=O)[O-]. The van der Waals surface area contributed by atoms with E-state index in [-0.39, 0.29) is 5.69 Å². The number of rotatable bonds is 6. The summed E-state index contributed by atoms with van der Waals surface area (Å²) in [7, 11) is 1.70. The smallest absolute Gasteiger partial charge is 0.329 e. The first kappa shape index (κ1) is 12.5. The molecule has 0 atom stereocenters. The van der Waals surface area contributed by atoms with Crippen LogP contribution in [0, 0.1) is 16.0 Å². The second-order valence-electron chi connectivity index (χ2n) is 4.39. The molecule has 0 radical (unpaired) electrons. The average Bonchev–Trinajstić information content (AvgIpc) is 3.19. The Balaban J connectivity index is 2.33. The summed E-state index contributed by atoms with van der Waals surface area (Å²) in [6.45, 7) is 3.52. The molecule has 0 aromatic carbocycles. The maximum atomic E-state index is 11.0. The largest absolute Gasteiger partial charge is 0.357 e. The minimum atomic E-state index is -0.426. The summed E-state index contributed by atoms with van der Waals surface area (Å²) < 4.78 is 0. The van der Waals surface area contributed by atoms with Crippen LogP contribution in [0.1, 0.15) is 19.8 Å². The first-order valence-corrected chi connectivity index (χ1v) is 6.09. The fourth-order valence-electron chi connectivity index (χ4n) is 1.83. The topological polar surface area (TPSA) is 84.2 Å². The predicted octanol–water partition coefficient (Wildman–Crippen LogP) is 1.66. The fourth-order valence-corrected chi connectivity index (χ4v) is 1.83. The summed E-state index contributed by atoms with van der Waals surface area (Å²) in [6, 6.07) is 0. The number of hydrogen-bond donors (Lipinski definition) is 1. The Morgan fingerprint density at radius 3 is 2.83 bits per heavy atom. The average molecular weight is 251 g/mol. The van der Waals surface area contributed by atoms with E-state index in [4.69, 9.17) is 0 Å². The molecule has 0 amide bonds. The summed E-state index contributed by atoms with van der Waals surface area (Å²) in [5.74, 6) is 1.47. The van der Waals surface area contributed by atoms with Gasteiger partial charge in [-0.2, -0.15) is 4.98 Å². The highest BCUT2D eigenvalue weighted by atomic mass is 16.6. The highest BCUT2D eigenvalue weighted by molar-refractivity contribution is 5.58. The molecule has 1 saturated carbocycles. The minimum Gasteiger partial charge on any atom is -0.357 e. The normalized spacial score (nSPS) is 14.3. The fraction of sp³-hybridized carbons (Fsp3) is 0.636. The van der Waals surface area contributed by atoms with Gasteiger partial charge in [0.05, 0.1) is 4.92 Å². The Morgan fingerprint density at radius 2 is 2.33 bits per heavy atom.